The normalized spacial score (nSPS) is 29.0. The minimum Gasteiger partial charge on any atom is -0.392 e. The number of aliphatic hydroxyl groups is 1. The van der Waals surface area contributed by atoms with E-state index >= 15 is 0 Å². The van der Waals surface area contributed by atoms with Crippen molar-refractivity contribution in [3.8, 4) is 0 Å². The van der Waals surface area contributed by atoms with E-state index in [0.29, 0.717) is 25.7 Å². The fourth-order valence-electron chi connectivity index (χ4n) is 2.25. The van der Waals surface area contributed by atoms with Gasteiger partial charge >= 0.3 is 0 Å². The van der Waals surface area contributed by atoms with Gasteiger partial charge in [0.25, 0.3) is 0 Å². The molecule has 0 amide bonds. The van der Waals surface area contributed by atoms with E-state index in [0.717, 1.165) is 5.92 Å². The minimum atomic E-state index is -0.393. The predicted molar refractivity (Wildman–Crippen MR) is 61.7 cm³/mol. The topological polar surface area (TPSA) is 55.5 Å². The molecule has 0 spiro atoms. The van der Waals surface area contributed by atoms with E-state index < -0.39 is 6.10 Å². The molecule has 1 aliphatic rings. The van der Waals surface area contributed by atoms with Gasteiger partial charge in [-0.1, -0.05) is 26.2 Å². The molecular weight excluding hydrogens is 190 g/mol. The molecule has 15 heavy (non-hydrogen) atoms. The molecule has 0 aromatic carbocycles. The van der Waals surface area contributed by atoms with Crippen molar-refractivity contribution in [2.75, 3.05) is 13.2 Å². The van der Waals surface area contributed by atoms with E-state index in [9.17, 15) is 5.11 Å². The Morgan fingerprint density at radius 2 is 2.27 bits per heavy atom. The molecule has 90 valence electrons. The molecule has 3 heteroatoms. The Balaban J connectivity index is 2.10. The van der Waals surface area contributed by atoms with Crippen LogP contribution in [-0.4, -0.2) is 30.5 Å². The van der Waals surface area contributed by atoms with Crippen LogP contribution in [-0.2, 0) is 4.74 Å². The number of ether oxygens (including phenoxy) is 1. The van der Waals surface area contributed by atoms with Gasteiger partial charge in [0.15, 0.2) is 0 Å². The zero-order valence-corrected chi connectivity index (χ0v) is 9.82. The lowest BCUT2D eigenvalue weighted by Gasteiger charge is -2.28. The summed E-state index contributed by atoms with van der Waals surface area (Å²) in [5.41, 5.74) is 5.33. The van der Waals surface area contributed by atoms with Gasteiger partial charge in [-0.15, -0.1) is 0 Å². The summed E-state index contributed by atoms with van der Waals surface area (Å²) >= 11 is 0. The quantitative estimate of drug-likeness (QED) is 0.709. The number of aliphatic hydroxyl groups excluding tert-OH is 1. The maximum Gasteiger partial charge on any atom is 0.0684 e. The number of hydrogen-bond donors (Lipinski definition) is 2. The molecule has 0 aromatic heterocycles. The summed E-state index contributed by atoms with van der Waals surface area (Å²) in [6.07, 6.45) is 7.02. The Morgan fingerprint density at radius 1 is 1.47 bits per heavy atom. The van der Waals surface area contributed by atoms with Gasteiger partial charge in [0.05, 0.1) is 12.2 Å². The molecule has 0 bridgehead atoms. The summed E-state index contributed by atoms with van der Waals surface area (Å²) < 4.78 is 5.77. The van der Waals surface area contributed by atoms with Crippen molar-refractivity contribution in [1.82, 2.24) is 0 Å². The molecule has 0 saturated heterocycles. The molecule has 3 atom stereocenters. The van der Waals surface area contributed by atoms with E-state index in [4.69, 9.17) is 10.5 Å². The lowest BCUT2D eigenvalue weighted by Crippen LogP contribution is -2.26. The molecule has 0 aromatic rings. The standard InChI is InChI=1S/C12H25NO2/c1-2-10-4-3-5-12(8-10)15-7-6-11(14)9-13/h10-12,14H,2-9,13H2,1H3. The average molecular weight is 215 g/mol. The third-order valence-corrected chi connectivity index (χ3v) is 3.39. The average Bonchev–Trinajstić information content (AvgIpc) is 2.29. The highest BCUT2D eigenvalue weighted by Gasteiger charge is 2.21. The molecule has 1 fully saturated rings. The maximum atomic E-state index is 9.28. The van der Waals surface area contributed by atoms with Crippen LogP contribution in [0.5, 0.6) is 0 Å². The molecular formula is C12H25NO2. The van der Waals surface area contributed by atoms with Crippen molar-refractivity contribution >= 4 is 0 Å². The van der Waals surface area contributed by atoms with Crippen LogP contribution in [0.3, 0.4) is 0 Å². The van der Waals surface area contributed by atoms with Gasteiger partial charge in [-0.3, -0.25) is 0 Å². The Bertz CT molecular complexity index is 164. The summed E-state index contributed by atoms with van der Waals surface area (Å²) in [6.45, 7) is 3.25. The second-order valence-electron chi connectivity index (χ2n) is 4.61. The molecule has 3 nitrogen and oxygen atoms in total. The highest BCUT2D eigenvalue weighted by Crippen LogP contribution is 2.28. The highest BCUT2D eigenvalue weighted by molar-refractivity contribution is 4.72. The van der Waals surface area contributed by atoms with Crippen LogP contribution in [0.4, 0.5) is 0 Å². The Labute approximate surface area is 93.0 Å². The highest BCUT2D eigenvalue weighted by atomic mass is 16.5. The van der Waals surface area contributed by atoms with E-state index in [1.54, 1.807) is 0 Å². The first-order chi connectivity index (χ1) is 7.26. The summed E-state index contributed by atoms with van der Waals surface area (Å²) in [5.74, 6) is 0.850. The van der Waals surface area contributed by atoms with Gasteiger partial charge in [0.2, 0.25) is 0 Å². The molecule has 0 radical (unpaired) electrons. The molecule has 1 rings (SSSR count). The van der Waals surface area contributed by atoms with E-state index in [2.05, 4.69) is 6.92 Å². The van der Waals surface area contributed by atoms with Gasteiger partial charge in [0.1, 0.15) is 0 Å². The van der Waals surface area contributed by atoms with Crippen LogP contribution in [0, 0.1) is 5.92 Å². The second kappa shape index (κ2) is 7.20. The lowest BCUT2D eigenvalue weighted by molar-refractivity contribution is -0.00219. The number of hydrogen-bond acceptors (Lipinski definition) is 3. The van der Waals surface area contributed by atoms with Crippen molar-refractivity contribution in [3.05, 3.63) is 0 Å². The van der Waals surface area contributed by atoms with Crippen LogP contribution < -0.4 is 5.73 Å². The maximum absolute atomic E-state index is 9.28. The summed E-state index contributed by atoms with van der Waals surface area (Å²) in [7, 11) is 0. The summed E-state index contributed by atoms with van der Waals surface area (Å²) in [4.78, 5) is 0. The Morgan fingerprint density at radius 3 is 2.93 bits per heavy atom. The van der Waals surface area contributed by atoms with Crippen LogP contribution in [0.1, 0.15) is 45.4 Å². The Hall–Kier alpha value is -0.120. The zero-order valence-electron chi connectivity index (χ0n) is 9.82. The van der Waals surface area contributed by atoms with Gasteiger partial charge < -0.3 is 15.6 Å². The Kier molecular flexibility index (Phi) is 6.22. The van der Waals surface area contributed by atoms with E-state index in [1.807, 2.05) is 0 Å². The van der Waals surface area contributed by atoms with Crippen molar-refractivity contribution < 1.29 is 9.84 Å². The van der Waals surface area contributed by atoms with Gasteiger partial charge in [-0.2, -0.15) is 0 Å². The first kappa shape index (κ1) is 12.9. The van der Waals surface area contributed by atoms with Crippen molar-refractivity contribution in [3.63, 3.8) is 0 Å². The van der Waals surface area contributed by atoms with Crippen molar-refractivity contribution in [1.29, 1.82) is 0 Å². The van der Waals surface area contributed by atoms with E-state index in [1.165, 1.54) is 32.1 Å². The third-order valence-electron chi connectivity index (χ3n) is 3.39. The molecule has 0 heterocycles. The third kappa shape index (κ3) is 4.96. The van der Waals surface area contributed by atoms with Crippen LogP contribution in [0.15, 0.2) is 0 Å². The zero-order chi connectivity index (χ0) is 11.1. The first-order valence-electron chi connectivity index (χ1n) is 6.26. The molecule has 1 saturated carbocycles. The van der Waals surface area contributed by atoms with Crippen LogP contribution >= 0.6 is 0 Å². The SMILES string of the molecule is CCC1CCCC(OCCC(O)CN)C1. The predicted octanol–water partition coefficient (Wildman–Crippen LogP) is 1.68. The minimum absolute atomic E-state index is 0.339. The van der Waals surface area contributed by atoms with Gasteiger partial charge in [-0.25, -0.2) is 0 Å². The fraction of sp³-hybridized carbons (Fsp3) is 1.00. The van der Waals surface area contributed by atoms with Crippen LogP contribution in [0.2, 0.25) is 0 Å². The monoisotopic (exact) mass is 215 g/mol. The smallest absolute Gasteiger partial charge is 0.0684 e. The fourth-order valence-corrected chi connectivity index (χ4v) is 2.25. The van der Waals surface area contributed by atoms with Gasteiger partial charge in [0, 0.05) is 13.2 Å². The second-order valence-corrected chi connectivity index (χ2v) is 4.61. The van der Waals surface area contributed by atoms with Crippen molar-refractivity contribution in [2.24, 2.45) is 11.7 Å². The lowest BCUT2D eigenvalue weighted by atomic mass is 9.85. The molecule has 3 N–H and O–H groups in total. The first-order valence-corrected chi connectivity index (χ1v) is 6.26. The summed E-state index contributed by atoms with van der Waals surface area (Å²) in [5, 5.41) is 9.28. The number of nitrogens with two attached hydrogens (primary N) is 1. The molecule has 1 aliphatic carbocycles. The van der Waals surface area contributed by atoms with Crippen molar-refractivity contribution in [2.45, 2.75) is 57.7 Å². The largest absolute Gasteiger partial charge is 0.392 e. The molecule has 3 unspecified atom stereocenters. The molecule has 0 aliphatic heterocycles. The van der Waals surface area contributed by atoms with E-state index in [-0.39, 0.29) is 0 Å². The van der Waals surface area contributed by atoms with Crippen LogP contribution in [0.25, 0.3) is 0 Å². The number of rotatable bonds is 6. The van der Waals surface area contributed by atoms with Gasteiger partial charge in [-0.05, 0) is 25.2 Å². The summed E-state index contributed by atoms with van der Waals surface area (Å²) in [6, 6.07) is 0.